The number of hydrogen-bond acceptors (Lipinski definition) is 4. The lowest BCUT2D eigenvalue weighted by molar-refractivity contribution is -0.139. The van der Waals surface area contributed by atoms with E-state index in [1.807, 2.05) is 0 Å². The van der Waals surface area contributed by atoms with E-state index in [1.54, 1.807) is 18.0 Å². The lowest BCUT2D eigenvalue weighted by Crippen LogP contribution is -2.15. The van der Waals surface area contributed by atoms with E-state index in [-0.39, 0.29) is 0 Å². The standard InChI is InChI=1S/C9H13N3O4/c1-16-3-2-12-6-7(5-10-12)11-8(13)4-9(14)15/h5-6H,2-4H2,1H3,(H,11,13)(H,14,15). The molecule has 1 amide bonds. The van der Waals surface area contributed by atoms with Gasteiger partial charge in [0.25, 0.3) is 0 Å². The van der Waals surface area contributed by atoms with Gasteiger partial charge in [-0.3, -0.25) is 14.3 Å². The van der Waals surface area contributed by atoms with Gasteiger partial charge < -0.3 is 15.2 Å². The number of hydrogen-bond donors (Lipinski definition) is 2. The summed E-state index contributed by atoms with van der Waals surface area (Å²) in [6, 6.07) is 0. The summed E-state index contributed by atoms with van der Waals surface area (Å²) in [5.41, 5.74) is 0.474. The van der Waals surface area contributed by atoms with E-state index in [0.29, 0.717) is 18.8 Å². The number of carbonyl (C=O) groups excluding carboxylic acids is 1. The summed E-state index contributed by atoms with van der Waals surface area (Å²) in [5, 5.41) is 14.8. The molecule has 1 aromatic heterocycles. The number of aliphatic carboxylic acids is 1. The number of carboxylic acids is 1. The molecule has 0 fully saturated rings. The summed E-state index contributed by atoms with van der Waals surface area (Å²) in [5.74, 6) is -1.73. The Morgan fingerprint density at radius 2 is 2.38 bits per heavy atom. The van der Waals surface area contributed by atoms with Crippen molar-refractivity contribution in [2.24, 2.45) is 0 Å². The van der Waals surface area contributed by atoms with Crippen LogP contribution in [0.5, 0.6) is 0 Å². The summed E-state index contributed by atoms with van der Waals surface area (Å²) in [4.78, 5) is 21.3. The topological polar surface area (TPSA) is 93.5 Å². The van der Waals surface area contributed by atoms with E-state index in [0.717, 1.165) is 0 Å². The number of rotatable bonds is 6. The molecule has 0 bridgehead atoms. The average molecular weight is 227 g/mol. The number of nitrogens with one attached hydrogen (secondary N) is 1. The van der Waals surface area contributed by atoms with Gasteiger partial charge in [-0.25, -0.2) is 0 Å². The smallest absolute Gasteiger partial charge is 0.312 e. The van der Waals surface area contributed by atoms with Gasteiger partial charge in [-0.05, 0) is 0 Å². The maximum absolute atomic E-state index is 11.1. The van der Waals surface area contributed by atoms with Crippen LogP contribution in [0.15, 0.2) is 12.4 Å². The van der Waals surface area contributed by atoms with Crippen LogP contribution in [0.25, 0.3) is 0 Å². The predicted octanol–water partition coefficient (Wildman–Crippen LogP) is -0.0573. The zero-order valence-corrected chi connectivity index (χ0v) is 8.84. The van der Waals surface area contributed by atoms with Crippen LogP contribution in [0, 0.1) is 0 Å². The van der Waals surface area contributed by atoms with Crippen molar-refractivity contribution in [2.45, 2.75) is 13.0 Å². The normalized spacial score (nSPS) is 10.1. The third-order valence-corrected chi connectivity index (χ3v) is 1.75. The fourth-order valence-electron chi connectivity index (χ4n) is 1.08. The minimum Gasteiger partial charge on any atom is -0.481 e. The Hall–Kier alpha value is -1.89. The summed E-state index contributed by atoms with van der Waals surface area (Å²) in [6.45, 7) is 1.09. The van der Waals surface area contributed by atoms with Crippen molar-refractivity contribution < 1.29 is 19.4 Å². The molecule has 1 heterocycles. The molecule has 0 spiro atoms. The van der Waals surface area contributed by atoms with Crippen LogP contribution in [-0.4, -0.2) is 40.5 Å². The molecule has 16 heavy (non-hydrogen) atoms. The van der Waals surface area contributed by atoms with E-state index in [9.17, 15) is 9.59 Å². The monoisotopic (exact) mass is 227 g/mol. The minimum absolute atomic E-state index is 0.474. The van der Waals surface area contributed by atoms with Crippen LogP contribution in [0.2, 0.25) is 0 Å². The summed E-state index contributed by atoms with van der Waals surface area (Å²) in [7, 11) is 1.58. The fraction of sp³-hybridized carbons (Fsp3) is 0.444. The maximum Gasteiger partial charge on any atom is 0.312 e. The fourth-order valence-corrected chi connectivity index (χ4v) is 1.08. The van der Waals surface area contributed by atoms with E-state index >= 15 is 0 Å². The highest BCUT2D eigenvalue weighted by atomic mass is 16.5. The molecule has 88 valence electrons. The molecule has 0 aromatic carbocycles. The zero-order chi connectivity index (χ0) is 12.0. The van der Waals surface area contributed by atoms with Crippen molar-refractivity contribution in [3.8, 4) is 0 Å². The van der Waals surface area contributed by atoms with Gasteiger partial charge in [-0.15, -0.1) is 0 Å². The number of carbonyl (C=O) groups is 2. The van der Waals surface area contributed by atoms with Crippen molar-refractivity contribution in [2.75, 3.05) is 19.0 Å². The van der Waals surface area contributed by atoms with Gasteiger partial charge in [-0.1, -0.05) is 0 Å². The van der Waals surface area contributed by atoms with Crippen LogP contribution < -0.4 is 5.32 Å². The largest absolute Gasteiger partial charge is 0.481 e. The van der Waals surface area contributed by atoms with Gasteiger partial charge in [0.1, 0.15) is 6.42 Å². The van der Waals surface area contributed by atoms with Crippen LogP contribution in [0.4, 0.5) is 5.69 Å². The Bertz CT molecular complexity index is 375. The molecular formula is C9H13N3O4. The number of aromatic nitrogens is 2. The zero-order valence-electron chi connectivity index (χ0n) is 8.84. The summed E-state index contributed by atoms with van der Waals surface area (Å²) < 4.78 is 6.46. The second-order valence-electron chi connectivity index (χ2n) is 3.10. The first kappa shape index (κ1) is 12.2. The highest BCUT2D eigenvalue weighted by Crippen LogP contribution is 2.05. The van der Waals surface area contributed by atoms with Crippen LogP contribution in [-0.2, 0) is 20.9 Å². The number of anilines is 1. The Morgan fingerprint density at radius 3 is 3.00 bits per heavy atom. The highest BCUT2D eigenvalue weighted by Gasteiger charge is 2.08. The van der Waals surface area contributed by atoms with Gasteiger partial charge in [0.05, 0.1) is 25.0 Å². The molecule has 1 rings (SSSR count). The number of carboxylic acid groups (broad SMARTS) is 1. The second-order valence-corrected chi connectivity index (χ2v) is 3.10. The maximum atomic E-state index is 11.1. The summed E-state index contributed by atoms with van der Waals surface area (Å²) >= 11 is 0. The molecule has 0 saturated carbocycles. The van der Waals surface area contributed by atoms with E-state index < -0.39 is 18.3 Å². The predicted molar refractivity (Wildman–Crippen MR) is 55.0 cm³/mol. The van der Waals surface area contributed by atoms with Crippen molar-refractivity contribution in [1.82, 2.24) is 9.78 Å². The third-order valence-electron chi connectivity index (χ3n) is 1.75. The molecule has 0 saturated heterocycles. The van der Waals surface area contributed by atoms with Gasteiger partial charge in [-0.2, -0.15) is 5.10 Å². The van der Waals surface area contributed by atoms with E-state index in [1.165, 1.54) is 6.20 Å². The van der Waals surface area contributed by atoms with Crippen LogP contribution >= 0.6 is 0 Å². The minimum atomic E-state index is -1.16. The molecule has 0 aliphatic heterocycles. The Morgan fingerprint density at radius 1 is 1.62 bits per heavy atom. The average Bonchev–Trinajstić information content (AvgIpc) is 2.61. The lowest BCUT2D eigenvalue weighted by atomic mass is 10.4. The first-order chi connectivity index (χ1) is 7.61. The molecule has 0 aliphatic rings. The number of nitrogens with zero attached hydrogens (tertiary/aromatic N) is 2. The summed E-state index contributed by atoms with van der Waals surface area (Å²) in [6.07, 6.45) is 2.51. The first-order valence-corrected chi connectivity index (χ1v) is 4.65. The molecule has 0 radical (unpaired) electrons. The number of amides is 1. The molecule has 0 aliphatic carbocycles. The van der Waals surface area contributed by atoms with Crippen molar-refractivity contribution in [3.63, 3.8) is 0 Å². The van der Waals surface area contributed by atoms with Crippen molar-refractivity contribution in [1.29, 1.82) is 0 Å². The SMILES string of the molecule is COCCn1cc(NC(=O)CC(=O)O)cn1. The van der Waals surface area contributed by atoms with Crippen LogP contribution in [0.1, 0.15) is 6.42 Å². The quantitative estimate of drug-likeness (QED) is 0.664. The van der Waals surface area contributed by atoms with Crippen molar-refractivity contribution in [3.05, 3.63) is 12.4 Å². The molecule has 7 nitrogen and oxygen atoms in total. The molecule has 2 N–H and O–H groups in total. The Balaban J connectivity index is 2.45. The highest BCUT2D eigenvalue weighted by molar-refractivity contribution is 6.01. The molecule has 0 unspecified atom stereocenters. The molecular weight excluding hydrogens is 214 g/mol. The third kappa shape index (κ3) is 4.09. The van der Waals surface area contributed by atoms with E-state index in [4.69, 9.17) is 9.84 Å². The van der Waals surface area contributed by atoms with Crippen LogP contribution in [0.3, 0.4) is 0 Å². The Kier molecular flexibility index (Phi) is 4.46. The van der Waals surface area contributed by atoms with Gasteiger partial charge in [0.2, 0.25) is 5.91 Å². The van der Waals surface area contributed by atoms with Gasteiger partial charge in [0.15, 0.2) is 0 Å². The Labute approximate surface area is 92.0 Å². The van der Waals surface area contributed by atoms with Gasteiger partial charge in [0, 0.05) is 13.3 Å². The van der Waals surface area contributed by atoms with Crippen molar-refractivity contribution >= 4 is 17.6 Å². The second kappa shape index (κ2) is 5.86. The van der Waals surface area contributed by atoms with Gasteiger partial charge >= 0.3 is 5.97 Å². The molecule has 7 heteroatoms. The number of ether oxygens (including phenoxy) is 1. The lowest BCUT2D eigenvalue weighted by Gasteiger charge is -1.99. The molecule has 1 aromatic rings. The number of methoxy groups -OCH3 is 1. The first-order valence-electron chi connectivity index (χ1n) is 4.65. The molecule has 0 atom stereocenters. The van der Waals surface area contributed by atoms with E-state index in [2.05, 4.69) is 10.4 Å².